The van der Waals surface area contributed by atoms with E-state index in [1.807, 2.05) is 24.3 Å². The van der Waals surface area contributed by atoms with Crippen LogP contribution < -0.4 is 5.32 Å². The lowest BCUT2D eigenvalue weighted by Gasteiger charge is -2.07. The van der Waals surface area contributed by atoms with Crippen LogP contribution >= 0.6 is 0 Å². The molecule has 0 spiro atoms. The third-order valence-corrected chi connectivity index (χ3v) is 2.27. The van der Waals surface area contributed by atoms with Gasteiger partial charge in [0.15, 0.2) is 0 Å². The number of hydrogen-bond donors (Lipinski definition) is 1. The van der Waals surface area contributed by atoms with E-state index in [1.54, 1.807) is 0 Å². The Morgan fingerprint density at radius 1 is 1.19 bits per heavy atom. The number of nitrogens with one attached hydrogen (secondary N) is 1. The summed E-state index contributed by atoms with van der Waals surface area (Å²) in [6.45, 7) is 5.63. The Kier molecular flexibility index (Phi) is 4.23. The van der Waals surface area contributed by atoms with Gasteiger partial charge in [0.1, 0.15) is 5.78 Å². The lowest BCUT2D eigenvalue weighted by atomic mass is 10.0. The third kappa shape index (κ3) is 3.85. The van der Waals surface area contributed by atoms with E-state index >= 15 is 0 Å². The third-order valence-electron chi connectivity index (χ3n) is 2.27. The van der Waals surface area contributed by atoms with Crippen molar-refractivity contribution in [2.24, 2.45) is 0 Å². The summed E-state index contributed by atoms with van der Waals surface area (Å²) in [5.41, 5.74) is 1.96. The van der Waals surface area contributed by atoms with Gasteiger partial charge in [-0.15, -0.1) is 0 Å². The van der Waals surface area contributed by atoms with Crippen molar-refractivity contribution in [3.05, 3.63) is 29.8 Å². The first-order valence-electron chi connectivity index (χ1n) is 5.38. The monoisotopic (exact) mass is 219 g/mol. The molecule has 0 aliphatic heterocycles. The number of amides is 1. The van der Waals surface area contributed by atoms with Crippen LogP contribution in [0, 0.1) is 0 Å². The normalized spacial score (nSPS) is 10.2. The molecule has 1 aromatic carbocycles. The molecule has 0 unspecified atom stereocenters. The summed E-state index contributed by atoms with van der Waals surface area (Å²) in [6.07, 6.45) is -0.0636. The number of Topliss-reactive ketones (excluding diaryl/α,β-unsaturated/α-hetero) is 1. The van der Waals surface area contributed by atoms with E-state index < -0.39 is 0 Å². The molecule has 0 saturated carbocycles. The first kappa shape index (κ1) is 12.4. The molecule has 0 aliphatic carbocycles. The molecule has 1 aromatic rings. The topological polar surface area (TPSA) is 46.2 Å². The summed E-state index contributed by atoms with van der Waals surface area (Å²) < 4.78 is 0. The molecule has 3 nitrogen and oxygen atoms in total. The van der Waals surface area contributed by atoms with Crippen molar-refractivity contribution in [1.29, 1.82) is 0 Å². The number of benzene rings is 1. The van der Waals surface area contributed by atoms with Gasteiger partial charge in [0.25, 0.3) is 0 Å². The second-order valence-corrected chi connectivity index (χ2v) is 4.20. The molecule has 0 saturated heterocycles. The van der Waals surface area contributed by atoms with Crippen molar-refractivity contribution < 1.29 is 9.59 Å². The minimum atomic E-state index is -0.259. The smallest absolute Gasteiger partial charge is 0.231 e. The molecule has 0 aliphatic rings. The lowest BCUT2D eigenvalue weighted by molar-refractivity contribution is -0.124. The Morgan fingerprint density at radius 2 is 1.75 bits per heavy atom. The van der Waals surface area contributed by atoms with Crippen molar-refractivity contribution in [3.63, 3.8) is 0 Å². The van der Waals surface area contributed by atoms with Gasteiger partial charge >= 0.3 is 0 Å². The van der Waals surface area contributed by atoms with Crippen LogP contribution in [0.5, 0.6) is 0 Å². The molecular formula is C13H17NO2. The summed E-state index contributed by atoms with van der Waals surface area (Å²) in [4.78, 5) is 22.0. The molecule has 0 atom stereocenters. The molecule has 3 heteroatoms. The van der Waals surface area contributed by atoms with Crippen molar-refractivity contribution in [2.75, 3.05) is 5.32 Å². The molecule has 1 rings (SSSR count). The van der Waals surface area contributed by atoms with Crippen molar-refractivity contribution in [1.82, 2.24) is 0 Å². The highest BCUT2D eigenvalue weighted by Crippen LogP contribution is 2.17. The van der Waals surface area contributed by atoms with Crippen LogP contribution in [0.3, 0.4) is 0 Å². The predicted octanol–water partition coefficient (Wildman–Crippen LogP) is 2.73. The first-order valence-corrected chi connectivity index (χ1v) is 5.38. The molecule has 86 valence electrons. The van der Waals surface area contributed by atoms with Crippen molar-refractivity contribution in [2.45, 2.75) is 33.1 Å². The molecular weight excluding hydrogens is 202 g/mol. The average molecular weight is 219 g/mol. The van der Waals surface area contributed by atoms with Crippen molar-refractivity contribution >= 4 is 17.4 Å². The minimum absolute atomic E-state index is 0.0636. The van der Waals surface area contributed by atoms with Gasteiger partial charge in [-0.05, 0) is 30.5 Å². The number of anilines is 1. The molecule has 0 aromatic heterocycles. The SMILES string of the molecule is CC(=O)CC(=O)Nc1ccc(C(C)C)cc1. The van der Waals surface area contributed by atoms with Crippen LogP contribution in [0.1, 0.15) is 38.7 Å². The zero-order chi connectivity index (χ0) is 12.1. The van der Waals surface area contributed by atoms with E-state index in [9.17, 15) is 9.59 Å². The molecule has 0 fully saturated rings. The highest BCUT2D eigenvalue weighted by molar-refractivity contribution is 6.03. The maximum Gasteiger partial charge on any atom is 0.231 e. The Balaban J connectivity index is 2.62. The maximum absolute atomic E-state index is 11.3. The maximum atomic E-state index is 11.3. The standard InChI is InChI=1S/C13H17NO2/c1-9(2)11-4-6-12(7-5-11)14-13(16)8-10(3)15/h4-7,9H,8H2,1-3H3,(H,14,16). The van der Waals surface area contributed by atoms with Crippen LogP contribution in [0.15, 0.2) is 24.3 Å². The van der Waals surface area contributed by atoms with Gasteiger partial charge in [-0.1, -0.05) is 26.0 Å². The zero-order valence-corrected chi connectivity index (χ0v) is 9.91. The quantitative estimate of drug-likeness (QED) is 0.791. The van der Waals surface area contributed by atoms with Gasteiger partial charge in [-0.25, -0.2) is 0 Å². The zero-order valence-electron chi connectivity index (χ0n) is 9.91. The lowest BCUT2D eigenvalue weighted by Crippen LogP contribution is -2.14. The Morgan fingerprint density at radius 3 is 2.19 bits per heavy atom. The predicted molar refractivity (Wildman–Crippen MR) is 64.5 cm³/mol. The van der Waals surface area contributed by atoms with E-state index in [0.717, 1.165) is 5.69 Å². The fourth-order valence-electron chi connectivity index (χ4n) is 1.38. The number of ketones is 1. The van der Waals surface area contributed by atoms with Gasteiger partial charge in [0, 0.05) is 5.69 Å². The van der Waals surface area contributed by atoms with Gasteiger partial charge in [-0.3, -0.25) is 9.59 Å². The van der Waals surface area contributed by atoms with Crippen molar-refractivity contribution in [3.8, 4) is 0 Å². The summed E-state index contributed by atoms with van der Waals surface area (Å²) in [5, 5.41) is 2.68. The summed E-state index contributed by atoms with van der Waals surface area (Å²) in [5.74, 6) is 0.0862. The Bertz CT molecular complexity index is 379. The first-order chi connectivity index (χ1) is 7.49. The van der Waals surface area contributed by atoms with E-state index in [2.05, 4.69) is 19.2 Å². The average Bonchev–Trinajstić information content (AvgIpc) is 2.16. The second-order valence-electron chi connectivity index (χ2n) is 4.20. The number of carbonyl (C=O) groups is 2. The van der Waals surface area contributed by atoms with E-state index in [4.69, 9.17) is 0 Å². The van der Waals surface area contributed by atoms with Crippen LogP contribution in [0.25, 0.3) is 0 Å². The van der Waals surface area contributed by atoms with Gasteiger partial charge in [0.05, 0.1) is 6.42 Å². The Labute approximate surface area is 95.9 Å². The van der Waals surface area contributed by atoms with Crippen LogP contribution in [0.4, 0.5) is 5.69 Å². The molecule has 1 N–H and O–H groups in total. The minimum Gasteiger partial charge on any atom is -0.326 e. The molecule has 16 heavy (non-hydrogen) atoms. The van der Waals surface area contributed by atoms with Crippen LogP contribution in [-0.4, -0.2) is 11.7 Å². The fraction of sp³-hybridized carbons (Fsp3) is 0.385. The molecule has 0 bridgehead atoms. The fourth-order valence-corrected chi connectivity index (χ4v) is 1.38. The van der Waals surface area contributed by atoms with Gasteiger partial charge < -0.3 is 5.32 Å². The summed E-state index contributed by atoms with van der Waals surface area (Å²) in [6, 6.07) is 7.67. The largest absolute Gasteiger partial charge is 0.326 e. The Hall–Kier alpha value is -1.64. The van der Waals surface area contributed by atoms with Gasteiger partial charge in [0.2, 0.25) is 5.91 Å². The molecule has 1 amide bonds. The van der Waals surface area contributed by atoms with E-state index in [1.165, 1.54) is 12.5 Å². The summed E-state index contributed by atoms with van der Waals surface area (Å²) >= 11 is 0. The van der Waals surface area contributed by atoms with Crippen LogP contribution in [0.2, 0.25) is 0 Å². The molecule has 0 radical (unpaired) electrons. The number of carbonyl (C=O) groups excluding carboxylic acids is 2. The highest BCUT2D eigenvalue weighted by atomic mass is 16.2. The van der Waals surface area contributed by atoms with Crippen LogP contribution in [-0.2, 0) is 9.59 Å². The number of rotatable bonds is 4. The van der Waals surface area contributed by atoms with E-state index in [0.29, 0.717) is 5.92 Å². The summed E-state index contributed by atoms with van der Waals surface area (Å²) in [7, 11) is 0. The van der Waals surface area contributed by atoms with E-state index in [-0.39, 0.29) is 18.1 Å². The van der Waals surface area contributed by atoms with Gasteiger partial charge in [-0.2, -0.15) is 0 Å². The molecule has 0 heterocycles. The second kappa shape index (κ2) is 5.45. The highest BCUT2D eigenvalue weighted by Gasteiger charge is 2.05. The number of hydrogen-bond acceptors (Lipinski definition) is 2.